The Labute approximate surface area is 190 Å². The maximum absolute atomic E-state index is 13.1. The highest BCUT2D eigenvalue weighted by atomic mass is 79.9. The standard InChI is InChI=1S/C24H26BrFN2O3/c1-2-29-22-14-19(16-27-11-5-13-30-24-6-3-4-12-28-24)21(25)15-23(22)31-17-18-7-9-20(26)10-8-18/h3-4,6-10,12,14-15,27H,2,5,11,13,16-17H2,1H3. The summed E-state index contributed by atoms with van der Waals surface area (Å²) in [6.45, 7) is 4.90. The summed E-state index contributed by atoms with van der Waals surface area (Å²) in [6, 6.07) is 15.8. The molecule has 0 unspecified atom stereocenters. The first-order valence-corrected chi connectivity index (χ1v) is 11.0. The molecule has 0 bridgehead atoms. The number of ether oxygens (including phenoxy) is 3. The summed E-state index contributed by atoms with van der Waals surface area (Å²) >= 11 is 3.62. The van der Waals surface area contributed by atoms with Gasteiger partial charge in [0, 0.05) is 23.3 Å². The van der Waals surface area contributed by atoms with Crippen LogP contribution >= 0.6 is 15.9 Å². The van der Waals surface area contributed by atoms with E-state index in [1.807, 2.05) is 37.3 Å². The van der Waals surface area contributed by atoms with Crippen molar-refractivity contribution < 1.29 is 18.6 Å². The number of rotatable bonds is 12. The van der Waals surface area contributed by atoms with E-state index in [0.717, 1.165) is 28.6 Å². The number of pyridine rings is 1. The topological polar surface area (TPSA) is 52.6 Å². The average Bonchev–Trinajstić information content (AvgIpc) is 2.78. The van der Waals surface area contributed by atoms with E-state index >= 15 is 0 Å². The zero-order valence-corrected chi connectivity index (χ0v) is 19.0. The number of hydrogen-bond acceptors (Lipinski definition) is 5. The van der Waals surface area contributed by atoms with Gasteiger partial charge >= 0.3 is 0 Å². The smallest absolute Gasteiger partial charge is 0.213 e. The van der Waals surface area contributed by atoms with E-state index in [-0.39, 0.29) is 5.82 Å². The highest BCUT2D eigenvalue weighted by Gasteiger charge is 2.11. The van der Waals surface area contributed by atoms with Gasteiger partial charge in [0.15, 0.2) is 11.5 Å². The zero-order chi connectivity index (χ0) is 21.9. The predicted octanol–water partition coefficient (Wildman–Crippen LogP) is 5.52. The Kier molecular flexibility index (Phi) is 9.12. The van der Waals surface area contributed by atoms with E-state index < -0.39 is 0 Å². The number of nitrogens with zero attached hydrogens (tertiary/aromatic N) is 1. The van der Waals surface area contributed by atoms with Crippen molar-refractivity contribution in [3.8, 4) is 17.4 Å². The van der Waals surface area contributed by atoms with Crippen molar-refractivity contribution in [2.45, 2.75) is 26.5 Å². The molecule has 2 aromatic carbocycles. The molecule has 31 heavy (non-hydrogen) atoms. The van der Waals surface area contributed by atoms with Crippen LogP contribution in [0.1, 0.15) is 24.5 Å². The van der Waals surface area contributed by atoms with Crippen LogP contribution in [0.25, 0.3) is 0 Å². The third kappa shape index (κ3) is 7.52. The fourth-order valence-electron chi connectivity index (χ4n) is 2.86. The van der Waals surface area contributed by atoms with Gasteiger partial charge < -0.3 is 19.5 Å². The van der Waals surface area contributed by atoms with E-state index in [2.05, 4.69) is 26.2 Å². The number of aromatic nitrogens is 1. The maximum Gasteiger partial charge on any atom is 0.213 e. The van der Waals surface area contributed by atoms with E-state index in [0.29, 0.717) is 43.7 Å². The maximum atomic E-state index is 13.1. The van der Waals surface area contributed by atoms with Crippen LogP contribution in [0.15, 0.2) is 65.3 Å². The van der Waals surface area contributed by atoms with Gasteiger partial charge in [-0.05, 0) is 61.3 Å². The van der Waals surface area contributed by atoms with Crippen molar-refractivity contribution in [1.29, 1.82) is 0 Å². The molecule has 0 spiro atoms. The van der Waals surface area contributed by atoms with Crippen molar-refractivity contribution in [3.63, 3.8) is 0 Å². The molecule has 1 aromatic heterocycles. The summed E-state index contributed by atoms with van der Waals surface area (Å²) in [7, 11) is 0. The number of halogens is 2. The molecule has 1 N–H and O–H groups in total. The van der Waals surface area contributed by atoms with E-state index in [1.165, 1.54) is 12.1 Å². The van der Waals surface area contributed by atoms with Gasteiger partial charge in [-0.3, -0.25) is 0 Å². The molecular formula is C24H26BrFN2O3. The lowest BCUT2D eigenvalue weighted by Gasteiger charge is -2.15. The molecule has 0 fully saturated rings. The van der Waals surface area contributed by atoms with Crippen LogP contribution < -0.4 is 19.5 Å². The summed E-state index contributed by atoms with van der Waals surface area (Å²) in [5.41, 5.74) is 1.96. The Balaban J connectivity index is 1.50. The van der Waals surface area contributed by atoms with Crippen LogP contribution in [0.5, 0.6) is 17.4 Å². The second kappa shape index (κ2) is 12.3. The fraction of sp³-hybridized carbons (Fsp3) is 0.292. The second-order valence-electron chi connectivity index (χ2n) is 6.79. The molecule has 0 radical (unpaired) electrons. The van der Waals surface area contributed by atoms with Crippen molar-refractivity contribution in [2.24, 2.45) is 0 Å². The number of nitrogens with one attached hydrogen (secondary N) is 1. The number of hydrogen-bond donors (Lipinski definition) is 1. The van der Waals surface area contributed by atoms with E-state index in [4.69, 9.17) is 14.2 Å². The van der Waals surface area contributed by atoms with Gasteiger partial charge in [0.25, 0.3) is 0 Å². The summed E-state index contributed by atoms with van der Waals surface area (Å²) < 4.78 is 31.3. The minimum atomic E-state index is -0.262. The molecule has 164 valence electrons. The van der Waals surface area contributed by atoms with Crippen LogP contribution in [-0.4, -0.2) is 24.7 Å². The zero-order valence-electron chi connectivity index (χ0n) is 17.4. The summed E-state index contributed by atoms with van der Waals surface area (Å²) in [5, 5.41) is 3.42. The van der Waals surface area contributed by atoms with Gasteiger partial charge in [0.05, 0.1) is 13.2 Å². The lowest BCUT2D eigenvalue weighted by Crippen LogP contribution is -2.17. The van der Waals surface area contributed by atoms with E-state index in [9.17, 15) is 4.39 Å². The van der Waals surface area contributed by atoms with Crippen LogP contribution in [0.2, 0.25) is 0 Å². The Morgan fingerprint density at radius 1 is 1.00 bits per heavy atom. The Hall–Kier alpha value is -2.64. The first-order chi connectivity index (χ1) is 15.2. The molecule has 5 nitrogen and oxygen atoms in total. The van der Waals surface area contributed by atoms with Gasteiger partial charge in [-0.15, -0.1) is 0 Å². The summed E-state index contributed by atoms with van der Waals surface area (Å²) in [5.74, 6) is 1.71. The van der Waals surface area contributed by atoms with Gasteiger partial charge in [0.2, 0.25) is 5.88 Å². The van der Waals surface area contributed by atoms with Crippen LogP contribution in [0.3, 0.4) is 0 Å². The molecule has 3 aromatic rings. The lowest BCUT2D eigenvalue weighted by molar-refractivity contribution is 0.268. The predicted molar refractivity (Wildman–Crippen MR) is 122 cm³/mol. The van der Waals surface area contributed by atoms with Gasteiger partial charge in [-0.25, -0.2) is 9.37 Å². The summed E-state index contributed by atoms with van der Waals surface area (Å²) in [4.78, 5) is 4.14. The van der Waals surface area contributed by atoms with Crippen LogP contribution in [0.4, 0.5) is 4.39 Å². The second-order valence-corrected chi connectivity index (χ2v) is 7.64. The Morgan fingerprint density at radius 3 is 2.55 bits per heavy atom. The van der Waals surface area contributed by atoms with Gasteiger partial charge in [-0.2, -0.15) is 0 Å². The van der Waals surface area contributed by atoms with Crippen LogP contribution in [-0.2, 0) is 13.2 Å². The molecule has 7 heteroatoms. The molecule has 0 atom stereocenters. The van der Waals surface area contributed by atoms with Crippen molar-refractivity contribution >= 4 is 15.9 Å². The highest BCUT2D eigenvalue weighted by molar-refractivity contribution is 9.10. The van der Waals surface area contributed by atoms with E-state index in [1.54, 1.807) is 18.3 Å². The summed E-state index contributed by atoms with van der Waals surface area (Å²) in [6.07, 6.45) is 2.58. The minimum Gasteiger partial charge on any atom is -0.490 e. The van der Waals surface area contributed by atoms with Crippen molar-refractivity contribution in [3.05, 3.63) is 82.2 Å². The van der Waals surface area contributed by atoms with Gasteiger partial charge in [-0.1, -0.05) is 34.1 Å². The fourth-order valence-corrected chi connectivity index (χ4v) is 3.33. The highest BCUT2D eigenvalue weighted by Crippen LogP contribution is 2.34. The quantitative estimate of drug-likeness (QED) is 0.340. The molecule has 0 saturated heterocycles. The third-order valence-corrected chi connectivity index (χ3v) is 5.16. The first-order valence-electron chi connectivity index (χ1n) is 10.2. The minimum absolute atomic E-state index is 0.262. The normalized spacial score (nSPS) is 10.7. The van der Waals surface area contributed by atoms with Crippen molar-refractivity contribution in [1.82, 2.24) is 10.3 Å². The third-order valence-electron chi connectivity index (χ3n) is 4.42. The number of benzene rings is 2. The molecule has 0 amide bonds. The molecule has 0 aliphatic carbocycles. The molecule has 0 saturated carbocycles. The first kappa shape index (κ1) is 23.0. The van der Waals surface area contributed by atoms with Gasteiger partial charge in [0.1, 0.15) is 12.4 Å². The average molecular weight is 489 g/mol. The molecular weight excluding hydrogens is 463 g/mol. The van der Waals surface area contributed by atoms with Crippen LogP contribution in [0, 0.1) is 5.82 Å². The molecule has 0 aliphatic rings. The Morgan fingerprint density at radius 2 is 1.81 bits per heavy atom. The monoisotopic (exact) mass is 488 g/mol. The lowest BCUT2D eigenvalue weighted by atomic mass is 10.2. The van der Waals surface area contributed by atoms with Crippen molar-refractivity contribution in [2.75, 3.05) is 19.8 Å². The molecule has 1 heterocycles. The largest absolute Gasteiger partial charge is 0.490 e. The SMILES string of the molecule is CCOc1cc(CNCCCOc2ccccn2)c(Br)cc1OCc1ccc(F)cc1. The molecule has 3 rings (SSSR count). The molecule has 0 aliphatic heterocycles. The Bertz CT molecular complexity index is 940.